The van der Waals surface area contributed by atoms with E-state index >= 15 is 0 Å². The first-order valence-electron chi connectivity index (χ1n) is 9.03. The summed E-state index contributed by atoms with van der Waals surface area (Å²) in [7, 11) is 3.43. The molecular formula is C22H24N2O3S. The molecule has 0 aliphatic heterocycles. The van der Waals surface area contributed by atoms with Crippen molar-refractivity contribution >= 4 is 17.2 Å². The first kappa shape index (κ1) is 19.9. The number of amides is 1. The SMILES string of the molecule is COc1ccccc1C(C)N(C)C(=O)c1cccc(OCc2csc(C)n2)c1. The molecular weight excluding hydrogens is 372 g/mol. The maximum atomic E-state index is 13.0. The minimum Gasteiger partial charge on any atom is -0.496 e. The van der Waals surface area contributed by atoms with Gasteiger partial charge in [0.15, 0.2) is 0 Å². The highest BCUT2D eigenvalue weighted by Gasteiger charge is 2.21. The molecule has 146 valence electrons. The molecule has 1 unspecified atom stereocenters. The maximum absolute atomic E-state index is 13.0. The van der Waals surface area contributed by atoms with E-state index in [2.05, 4.69) is 4.98 Å². The van der Waals surface area contributed by atoms with Crippen molar-refractivity contribution in [3.63, 3.8) is 0 Å². The van der Waals surface area contributed by atoms with Crippen LogP contribution in [0.15, 0.2) is 53.9 Å². The molecule has 1 aromatic heterocycles. The summed E-state index contributed by atoms with van der Waals surface area (Å²) in [4.78, 5) is 19.1. The number of aromatic nitrogens is 1. The molecule has 0 radical (unpaired) electrons. The van der Waals surface area contributed by atoms with Gasteiger partial charge in [-0.1, -0.05) is 24.3 Å². The van der Waals surface area contributed by atoms with Gasteiger partial charge in [0, 0.05) is 23.6 Å². The third kappa shape index (κ3) is 4.51. The fourth-order valence-corrected chi connectivity index (χ4v) is 3.55. The van der Waals surface area contributed by atoms with E-state index in [0.717, 1.165) is 22.0 Å². The van der Waals surface area contributed by atoms with Gasteiger partial charge in [-0.15, -0.1) is 11.3 Å². The van der Waals surface area contributed by atoms with Gasteiger partial charge >= 0.3 is 0 Å². The number of methoxy groups -OCH3 is 1. The lowest BCUT2D eigenvalue weighted by Crippen LogP contribution is -2.29. The summed E-state index contributed by atoms with van der Waals surface area (Å²) in [5.41, 5.74) is 2.43. The van der Waals surface area contributed by atoms with Crippen molar-refractivity contribution in [3.8, 4) is 11.5 Å². The molecule has 0 spiro atoms. The van der Waals surface area contributed by atoms with Crippen LogP contribution in [0.3, 0.4) is 0 Å². The zero-order valence-corrected chi connectivity index (χ0v) is 17.3. The van der Waals surface area contributed by atoms with E-state index in [0.29, 0.717) is 17.9 Å². The normalized spacial score (nSPS) is 11.7. The Morgan fingerprint density at radius 1 is 1.21 bits per heavy atom. The van der Waals surface area contributed by atoms with Crippen LogP contribution in [-0.4, -0.2) is 29.9 Å². The van der Waals surface area contributed by atoms with Gasteiger partial charge in [0.25, 0.3) is 5.91 Å². The molecule has 3 rings (SSSR count). The first-order valence-corrected chi connectivity index (χ1v) is 9.91. The number of thiazole rings is 1. The van der Waals surface area contributed by atoms with Crippen molar-refractivity contribution in [2.75, 3.05) is 14.2 Å². The number of nitrogens with zero attached hydrogens (tertiary/aromatic N) is 2. The largest absolute Gasteiger partial charge is 0.496 e. The highest BCUT2D eigenvalue weighted by Crippen LogP contribution is 2.29. The molecule has 3 aromatic rings. The van der Waals surface area contributed by atoms with Crippen LogP contribution in [0.2, 0.25) is 0 Å². The highest BCUT2D eigenvalue weighted by atomic mass is 32.1. The van der Waals surface area contributed by atoms with Crippen LogP contribution in [-0.2, 0) is 6.61 Å². The number of ether oxygens (including phenoxy) is 2. The smallest absolute Gasteiger partial charge is 0.254 e. The standard InChI is InChI=1S/C22H24N2O3S/c1-15(20-10-5-6-11-21(20)26-4)24(3)22(25)17-8-7-9-19(12-17)27-13-18-14-28-16(2)23-18/h5-12,14-15H,13H2,1-4H3. The number of rotatable bonds is 7. The summed E-state index contributed by atoms with van der Waals surface area (Å²) in [6, 6.07) is 14.9. The quantitative estimate of drug-likeness (QED) is 0.572. The Bertz CT molecular complexity index is 954. The van der Waals surface area contributed by atoms with Gasteiger partial charge in [0.1, 0.15) is 18.1 Å². The Labute approximate surface area is 169 Å². The summed E-state index contributed by atoms with van der Waals surface area (Å²) in [6.45, 7) is 4.34. The molecule has 5 nitrogen and oxygen atoms in total. The van der Waals surface area contributed by atoms with Crippen LogP contribution in [0.1, 0.15) is 39.6 Å². The second-order valence-electron chi connectivity index (χ2n) is 6.51. The summed E-state index contributed by atoms with van der Waals surface area (Å²) in [6.07, 6.45) is 0. The Hall–Kier alpha value is -2.86. The van der Waals surface area contributed by atoms with Crippen LogP contribution in [0.25, 0.3) is 0 Å². The van der Waals surface area contributed by atoms with Gasteiger partial charge in [0.2, 0.25) is 0 Å². The van der Waals surface area contributed by atoms with Crippen LogP contribution in [0, 0.1) is 6.92 Å². The second-order valence-corrected chi connectivity index (χ2v) is 7.57. The second kappa shape index (κ2) is 8.89. The number of aryl methyl sites for hydroxylation is 1. The van der Waals surface area contributed by atoms with Crippen molar-refractivity contribution in [1.29, 1.82) is 0 Å². The van der Waals surface area contributed by atoms with Gasteiger partial charge in [-0.3, -0.25) is 4.79 Å². The van der Waals surface area contributed by atoms with E-state index < -0.39 is 0 Å². The Balaban J connectivity index is 1.72. The van der Waals surface area contributed by atoms with Crippen molar-refractivity contribution in [1.82, 2.24) is 9.88 Å². The van der Waals surface area contributed by atoms with E-state index in [9.17, 15) is 4.79 Å². The van der Waals surface area contributed by atoms with Crippen LogP contribution < -0.4 is 9.47 Å². The van der Waals surface area contributed by atoms with Crippen molar-refractivity contribution in [2.45, 2.75) is 26.5 Å². The minimum atomic E-state index is -0.133. The first-order chi connectivity index (χ1) is 13.5. The van der Waals surface area contributed by atoms with E-state index in [1.54, 1.807) is 42.5 Å². The molecule has 1 amide bonds. The zero-order valence-electron chi connectivity index (χ0n) is 16.5. The molecule has 0 N–H and O–H groups in total. The van der Waals surface area contributed by atoms with Crippen molar-refractivity contribution in [2.24, 2.45) is 0 Å². The lowest BCUT2D eigenvalue weighted by Gasteiger charge is -2.26. The van der Waals surface area contributed by atoms with E-state index in [-0.39, 0.29) is 11.9 Å². The Kier molecular flexibility index (Phi) is 6.31. The fraction of sp³-hybridized carbons (Fsp3) is 0.273. The molecule has 0 fully saturated rings. The predicted octanol–water partition coefficient (Wildman–Crippen LogP) is 4.87. The molecule has 0 saturated heterocycles. The van der Waals surface area contributed by atoms with Gasteiger partial charge in [-0.25, -0.2) is 4.98 Å². The van der Waals surface area contributed by atoms with E-state index in [4.69, 9.17) is 9.47 Å². The highest BCUT2D eigenvalue weighted by molar-refractivity contribution is 7.09. The summed E-state index contributed by atoms with van der Waals surface area (Å²) < 4.78 is 11.2. The van der Waals surface area contributed by atoms with Crippen LogP contribution in [0.5, 0.6) is 11.5 Å². The Morgan fingerprint density at radius 3 is 2.71 bits per heavy atom. The van der Waals surface area contributed by atoms with Gasteiger partial charge < -0.3 is 14.4 Å². The third-order valence-corrected chi connectivity index (χ3v) is 5.45. The third-order valence-electron chi connectivity index (χ3n) is 4.62. The van der Waals surface area contributed by atoms with E-state index in [1.807, 2.05) is 55.6 Å². The number of hydrogen-bond acceptors (Lipinski definition) is 5. The molecule has 0 saturated carbocycles. The average Bonchev–Trinajstić information content (AvgIpc) is 3.16. The van der Waals surface area contributed by atoms with Gasteiger partial charge in [0.05, 0.1) is 23.9 Å². The summed E-state index contributed by atoms with van der Waals surface area (Å²) in [5, 5.41) is 2.99. The monoisotopic (exact) mass is 396 g/mol. The minimum absolute atomic E-state index is 0.0756. The lowest BCUT2D eigenvalue weighted by molar-refractivity contribution is 0.0740. The maximum Gasteiger partial charge on any atom is 0.254 e. The predicted molar refractivity (Wildman–Crippen MR) is 111 cm³/mol. The molecule has 0 bridgehead atoms. The number of para-hydroxylation sites is 1. The average molecular weight is 397 g/mol. The molecule has 0 aliphatic rings. The summed E-state index contributed by atoms with van der Waals surface area (Å²) >= 11 is 1.59. The van der Waals surface area contributed by atoms with Crippen LogP contribution >= 0.6 is 11.3 Å². The van der Waals surface area contributed by atoms with Crippen molar-refractivity contribution < 1.29 is 14.3 Å². The zero-order chi connectivity index (χ0) is 20.1. The lowest BCUT2D eigenvalue weighted by atomic mass is 10.0. The molecule has 1 atom stereocenters. The molecule has 28 heavy (non-hydrogen) atoms. The molecule has 0 aliphatic carbocycles. The number of carbonyl (C=O) groups excluding carboxylic acids is 1. The molecule has 6 heteroatoms. The number of hydrogen-bond donors (Lipinski definition) is 0. The van der Waals surface area contributed by atoms with Crippen LogP contribution in [0.4, 0.5) is 0 Å². The number of benzene rings is 2. The molecule has 1 heterocycles. The van der Waals surface area contributed by atoms with E-state index in [1.165, 1.54) is 0 Å². The fourth-order valence-electron chi connectivity index (χ4n) is 2.95. The van der Waals surface area contributed by atoms with Crippen molar-refractivity contribution in [3.05, 3.63) is 75.7 Å². The summed E-state index contributed by atoms with van der Waals surface area (Å²) in [5.74, 6) is 1.34. The Morgan fingerprint density at radius 2 is 2.00 bits per heavy atom. The number of carbonyl (C=O) groups is 1. The topological polar surface area (TPSA) is 51.7 Å². The van der Waals surface area contributed by atoms with Gasteiger partial charge in [-0.2, -0.15) is 0 Å². The molecule has 2 aromatic carbocycles. The van der Waals surface area contributed by atoms with Gasteiger partial charge in [-0.05, 0) is 38.1 Å².